The Kier molecular flexibility index (Phi) is 6.47. The van der Waals surface area contributed by atoms with Gasteiger partial charge in [-0.25, -0.2) is 4.68 Å². The van der Waals surface area contributed by atoms with Gasteiger partial charge in [-0.15, -0.1) is 10.2 Å². The van der Waals surface area contributed by atoms with Gasteiger partial charge in [-0.3, -0.25) is 4.79 Å². The molecule has 0 saturated heterocycles. The molecule has 7 heteroatoms. The number of amides is 1. The molecular weight excluding hydrogens is 334 g/mol. The van der Waals surface area contributed by atoms with Crippen LogP contribution in [0.2, 0.25) is 0 Å². The second-order valence-corrected chi connectivity index (χ2v) is 7.74. The Bertz CT molecular complexity index is 709. The van der Waals surface area contributed by atoms with Crippen LogP contribution in [0.5, 0.6) is 0 Å². The molecule has 136 valence electrons. The fourth-order valence-electron chi connectivity index (χ4n) is 2.52. The number of aromatic nitrogens is 3. The van der Waals surface area contributed by atoms with Gasteiger partial charge in [0.05, 0.1) is 11.8 Å². The zero-order chi connectivity index (χ0) is 18.6. The summed E-state index contributed by atoms with van der Waals surface area (Å²) >= 11 is 1.28. The highest BCUT2D eigenvalue weighted by Crippen LogP contribution is 2.24. The van der Waals surface area contributed by atoms with Crippen molar-refractivity contribution in [2.45, 2.75) is 51.7 Å². The standard InChI is InChI=1S/C18H27N5OS/c1-11(2)14-6-8-15(9-7-14)17(12(3)4)20-16(24)10-25-18-22-21-13(5)23(18)19/h6-9,11-12,17H,10,19H2,1-5H3,(H,20,24)/t17-/m1/s1. The number of nitrogen functional groups attached to an aromatic ring is 1. The number of nitrogens with two attached hydrogens (primary N) is 1. The number of hydrogen-bond donors (Lipinski definition) is 2. The second-order valence-electron chi connectivity index (χ2n) is 6.80. The van der Waals surface area contributed by atoms with Crippen LogP contribution in [0.4, 0.5) is 0 Å². The van der Waals surface area contributed by atoms with Gasteiger partial charge in [0.2, 0.25) is 11.1 Å². The molecule has 0 aliphatic heterocycles. The number of nitrogens with one attached hydrogen (secondary N) is 1. The molecule has 0 unspecified atom stereocenters. The zero-order valence-electron chi connectivity index (χ0n) is 15.5. The number of carbonyl (C=O) groups excluding carboxylic acids is 1. The summed E-state index contributed by atoms with van der Waals surface area (Å²) < 4.78 is 1.39. The normalized spacial score (nSPS) is 12.6. The topological polar surface area (TPSA) is 85.8 Å². The predicted molar refractivity (Wildman–Crippen MR) is 102 cm³/mol. The lowest BCUT2D eigenvalue weighted by Gasteiger charge is -2.23. The molecule has 1 atom stereocenters. The van der Waals surface area contributed by atoms with Crippen LogP contribution < -0.4 is 11.2 Å². The number of benzene rings is 1. The third kappa shape index (κ3) is 4.98. The summed E-state index contributed by atoms with van der Waals surface area (Å²) in [6.07, 6.45) is 0. The lowest BCUT2D eigenvalue weighted by Crippen LogP contribution is -2.33. The Labute approximate surface area is 153 Å². The molecule has 2 aromatic rings. The Morgan fingerprint density at radius 3 is 2.24 bits per heavy atom. The third-order valence-corrected chi connectivity index (χ3v) is 5.06. The zero-order valence-corrected chi connectivity index (χ0v) is 16.3. The van der Waals surface area contributed by atoms with Crippen molar-refractivity contribution in [3.8, 4) is 0 Å². The van der Waals surface area contributed by atoms with E-state index in [1.54, 1.807) is 6.92 Å². The van der Waals surface area contributed by atoms with Crippen molar-refractivity contribution in [3.63, 3.8) is 0 Å². The first-order valence-corrected chi connectivity index (χ1v) is 9.47. The minimum absolute atomic E-state index is 0.0215. The molecule has 3 N–H and O–H groups in total. The largest absolute Gasteiger partial charge is 0.348 e. The Hall–Kier alpha value is -2.02. The van der Waals surface area contributed by atoms with Crippen molar-refractivity contribution in [2.24, 2.45) is 5.92 Å². The number of rotatable bonds is 7. The van der Waals surface area contributed by atoms with Crippen LogP contribution in [-0.4, -0.2) is 26.5 Å². The number of nitrogens with zero attached hydrogens (tertiary/aromatic N) is 3. The maximum absolute atomic E-state index is 12.4. The monoisotopic (exact) mass is 361 g/mol. The molecule has 0 aliphatic carbocycles. The number of aryl methyl sites for hydroxylation is 1. The molecule has 0 saturated carbocycles. The molecule has 1 heterocycles. The molecule has 1 aromatic heterocycles. The fourth-order valence-corrected chi connectivity index (χ4v) is 3.23. The SMILES string of the molecule is Cc1nnc(SCC(=O)N[C@@H](c2ccc(C(C)C)cc2)C(C)C)n1N. The highest BCUT2D eigenvalue weighted by Gasteiger charge is 2.19. The second kappa shape index (κ2) is 8.38. The van der Waals surface area contributed by atoms with Crippen LogP contribution in [0.25, 0.3) is 0 Å². The first-order valence-electron chi connectivity index (χ1n) is 8.48. The highest BCUT2D eigenvalue weighted by atomic mass is 32.2. The van der Waals surface area contributed by atoms with E-state index in [4.69, 9.17) is 5.84 Å². The molecule has 0 bridgehead atoms. The van der Waals surface area contributed by atoms with E-state index in [-0.39, 0.29) is 17.7 Å². The summed E-state index contributed by atoms with van der Waals surface area (Å²) in [5.41, 5.74) is 2.42. The minimum atomic E-state index is -0.0442. The van der Waals surface area contributed by atoms with Crippen molar-refractivity contribution in [1.29, 1.82) is 0 Å². The Balaban J connectivity index is 2.00. The van der Waals surface area contributed by atoms with Crippen LogP contribution >= 0.6 is 11.8 Å². The summed E-state index contributed by atoms with van der Waals surface area (Å²) in [5, 5.41) is 11.5. The molecule has 0 aliphatic rings. The molecule has 0 fully saturated rings. The summed E-state index contributed by atoms with van der Waals surface area (Å²) in [5.74, 6) is 7.42. The van der Waals surface area contributed by atoms with Gasteiger partial charge in [-0.2, -0.15) is 0 Å². The smallest absolute Gasteiger partial charge is 0.230 e. The van der Waals surface area contributed by atoms with Gasteiger partial charge in [0.1, 0.15) is 5.82 Å². The quantitative estimate of drug-likeness (QED) is 0.585. The minimum Gasteiger partial charge on any atom is -0.348 e. The van der Waals surface area contributed by atoms with Crippen molar-refractivity contribution < 1.29 is 4.79 Å². The van der Waals surface area contributed by atoms with E-state index in [1.807, 2.05) is 0 Å². The van der Waals surface area contributed by atoms with E-state index in [0.29, 0.717) is 22.8 Å². The first kappa shape index (κ1) is 19.3. The van der Waals surface area contributed by atoms with Gasteiger partial charge in [-0.1, -0.05) is 63.7 Å². The van der Waals surface area contributed by atoms with Gasteiger partial charge in [0.15, 0.2) is 0 Å². The van der Waals surface area contributed by atoms with Crippen LogP contribution in [0.1, 0.15) is 56.6 Å². The molecule has 1 aromatic carbocycles. The van der Waals surface area contributed by atoms with E-state index >= 15 is 0 Å². The third-order valence-electron chi connectivity index (χ3n) is 4.11. The van der Waals surface area contributed by atoms with Crippen molar-refractivity contribution in [2.75, 3.05) is 11.6 Å². The maximum Gasteiger partial charge on any atom is 0.230 e. The first-order chi connectivity index (χ1) is 11.8. The fraction of sp³-hybridized carbons (Fsp3) is 0.500. The van der Waals surface area contributed by atoms with E-state index in [9.17, 15) is 4.79 Å². The maximum atomic E-state index is 12.4. The molecule has 2 rings (SSSR count). The van der Waals surface area contributed by atoms with E-state index in [0.717, 1.165) is 5.56 Å². The van der Waals surface area contributed by atoms with E-state index in [2.05, 4.69) is 67.5 Å². The van der Waals surface area contributed by atoms with Crippen molar-refractivity contribution in [1.82, 2.24) is 20.2 Å². The van der Waals surface area contributed by atoms with Crippen LogP contribution in [0, 0.1) is 12.8 Å². The summed E-state index contributed by atoms with van der Waals surface area (Å²) in [7, 11) is 0. The van der Waals surface area contributed by atoms with Gasteiger partial charge >= 0.3 is 0 Å². The van der Waals surface area contributed by atoms with Crippen LogP contribution in [-0.2, 0) is 4.79 Å². The van der Waals surface area contributed by atoms with E-state index < -0.39 is 0 Å². The molecule has 25 heavy (non-hydrogen) atoms. The molecule has 1 amide bonds. The Morgan fingerprint density at radius 1 is 1.16 bits per heavy atom. The molecule has 6 nitrogen and oxygen atoms in total. The van der Waals surface area contributed by atoms with E-state index in [1.165, 1.54) is 22.0 Å². The number of thioether (sulfide) groups is 1. The van der Waals surface area contributed by atoms with Gasteiger partial charge in [0, 0.05) is 0 Å². The van der Waals surface area contributed by atoms with Crippen LogP contribution in [0.15, 0.2) is 29.4 Å². The Morgan fingerprint density at radius 2 is 1.76 bits per heavy atom. The van der Waals surface area contributed by atoms with Gasteiger partial charge in [0.25, 0.3) is 0 Å². The average molecular weight is 362 g/mol. The number of hydrogen-bond acceptors (Lipinski definition) is 5. The lowest BCUT2D eigenvalue weighted by molar-refractivity contribution is -0.119. The summed E-state index contributed by atoms with van der Waals surface area (Å²) in [6.45, 7) is 10.3. The van der Waals surface area contributed by atoms with Crippen molar-refractivity contribution in [3.05, 3.63) is 41.2 Å². The number of carbonyl (C=O) groups is 1. The summed E-state index contributed by atoms with van der Waals surface area (Å²) in [4.78, 5) is 12.4. The molecule has 0 spiro atoms. The lowest BCUT2D eigenvalue weighted by atomic mass is 9.93. The predicted octanol–water partition coefficient (Wildman–Crippen LogP) is 3.03. The highest BCUT2D eigenvalue weighted by molar-refractivity contribution is 7.99. The molecule has 0 radical (unpaired) electrons. The average Bonchev–Trinajstić information content (AvgIpc) is 2.89. The van der Waals surface area contributed by atoms with Crippen LogP contribution in [0.3, 0.4) is 0 Å². The van der Waals surface area contributed by atoms with Crippen molar-refractivity contribution >= 4 is 17.7 Å². The van der Waals surface area contributed by atoms with Gasteiger partial charge in [-0.05, 0) is 29.9 Å². The van der Waals surface area contributed by atoms with Gasteiger partial charge < -0.3 is 11.2 Å². The summed E-state index contributed by atoms with van der Waals surface area (Å²) in [6, 6.07) is 8.46. The molecular formula is C18H27N5OS.